The van der Waals surface area contributed by atoms with E-state index in [9.17, 15) is 28.8 Å². The van der Waals surface area contributed by atoms with Crippen LogP contribution in [0.5, 0.6) is 0 Å². The Hall–Kier alpha value is -3.06. The third kappa shape index (κ3) is 21.7. The summed E-state index contributed by atoms with van der Waals surface area (Å²) < 4.78 is 48.9. The summed E-state index contributed by atoms with van der Waals surface area (Å²) in [5.41, 5.74) is -5.09. The average Bonchev–Trinajstić information content (AvgIpc) is 2.99. The Labute approximate surface area is 341 Å². The number of thiocarbonyl (C=S) groups is 3. The summed E-state index contributed by atoms with van der Waals surface area (Å²) >= 11 is 17.0. The van der Waals surface area contributed by atoms with Gasteiger partial charge < -0.3 is 41.0 Å². The molecule has 1 aromatic heterocycles. The highest BCUT2D eigenvalue weighted by Crippen LogP contribution is 2.14. The molecule has 0 radical (unpaired) electrons. The number of ether oxygens (including phenoxy) is 6. The summed E-state index contributed by atoms with van der Waals surface area (Å²) in [5.74, 6) is -2.20. The van der Waals surface area contributed by atoms with Crippen LogP contribution >= 0.6 is 72.8 Å². The zero-order valence-electron chi connectivity index (χ0n) is 31.3. The zero-order valence-corrected chi connectivity index (χ0v) is 36.2. The first kappa shape index (κ1) is 49.0. The van der Waals surface area contributed by atoms with Crippen molar-refractivity contribution in [2.75, 3.05) is 37.1 Å². The van der Waals surface area contributed by atoms with Crippen LogP contribution in [0.2, 0.25) is 0 Å². The van der Waals surface area contributed by atoms with E-state index in [1.54, 1.807) is 62.3 Å². The third-order valence-corrected chi connectivity index (χ3v) is 7.95. The number of carbonyl (C=O) groups excluding carboxylic acids is 3. The Kier molecular flexibility index (Phi) is 21.0. The van der Waals surface area contributed by atoms with Gasteiger partial charge in [0.25, 0.3) is 0 Å². The fraction of sp³-hybridized carbons (Fsp3) is 0.700. The molecule has 0 unspecified atom stereocenters. The van der Waals surface area contributed by atoms with Gasteiger partial charge >= 0.3 is 50.7 Å². The van der Waals surface area contributed by atoms with Gasteiger partial charge in [0.1, 0.15) is 53.9 Å². The van der Waals surface area contributed by atoms with Crippen molar-refractivity contribution in [3.8, 4) is 0 Å². The monoisotopic (exact) mass is 879 g/mol. The predicted octanol–water partition coefficient (Wildman–Crippen LogP) is 3.10. The number of nitrogens with zero attached hydrogens (tertiary/aromatic N) is 3. The van der Waals surface area contributed by atoms with Gasteiger partial charge in [0.15, 0.2) is 0 Å². The lowest BCUT2D eigenvalue weighted by atomic mass is 10.2. The number of carbonyl (C=O) groups is 3. The maximum absolute atomic E-state index is 13.3. The van der Waals surface area contributed by atoms with Crippen LogP contribution < -0.4 is 17.1 Å². The van der Waals surface area contributed by atoms with Gasteiger partial charge in [0.05, 0.1) is 55.8 Å². The van der Waals surface area contributed by atoms with Gasteiger partial charge in [0.2, 0.25) is 0 Å². The van der Waals surface area contributed by atoms with Gasteiger partial charge in [0, 0.05) is 36.7 Å². The van der Waals surface area contributed by atoms with E-state index in [0.717, 1.165) is 13.7 Å². The van der Waals surface area contributed by atoms with Gasteiger partial charge in [-0.25, -0.2) is 28.1 Å². The topological polar surface area (TPSA) is 200 Å². The van der Waals surface area contributed by atoms with Crippen LogP contribution in [0.1, 0.15) is 62.3 Å². The standard InChI is InChI=1S/C30H45N3O15S6/c1-28(2,3)43-19(34)16-52-46-25(49)40-13-10-31-22(37)32(11-14-41-26(50)47-53-17-20(35)44-29(4,5)6)24(39)33(23(31)38)12-15-42-27(51)48-54-18-21(36)45-30(7,8)9/h10-18H2,1-9H3. The van der Waals surface area contributed by atoms with E-state index < -0.39 is 51.8 Å². The minimum atomic E-state index is -1.01. The van der Waals surface area contributed by atoms with Crippen molar-refractivity contribution in [1.82, 2.24) is 13.7 Å². The maximum Gasteiger partial charge on any atom is 0.364 e. The van der Waals surface area contributed by atoms with Crippen molar-refractivity contribution in [1.29, 1.82) is 0 Å². The molecule has 0 aliphatic carbocycles. The fourth-order valence-corrected chi connectivity index (χ4v) is 5.24. The first-order chi connectivity index (χ1) is 24.9. The molecular weight excluding hydrogens is 835 g/mol. The second-order valence-corrected chi connectivity index (χ2v) is 16.5. The molecule has 0 aromatic carbocycles. The minimum absolute atomic E-state index is 0.187. The smallest absolute Gasteiger partial charge is 0.364 e. The molecule has 0 saturated carbocycles. The molecule has 0 amide bonds. The molecule has 306 valence electrons. The summed E-state index contributed by atoms with van der Waals surface area (Å²) in [5, 5.41) is -1.16. The Bertz CT molecular complexity index is 1440. The van der Waals surface area contributed by atoms with Crippen LogP contribution in [0.25, 0.3) is 0 Å². The van der Waals surface area contributed by atoms with Crippen molar-refractivity contribution >= 4 is 106 Å². The molecule has 0 atom stereocenters. The largest absolute Gasteiger partial charge is 0.459 e. The van der Waals surface area contributed by atoms with Crippen LogP contribution in [0, 0.1) is 0 Å². The molecule has 24 heteroatoms. The quantitative estimate of drug-likeness (QED) is 0.0901. The van der Waals surface area contributed by atoms with Crippen molar-refractivity contribution < 1.29 is 55.4 Å². The SMILES string of the molecule is CC(C)(C)OC(=O)CSOC(=S)OCCn1c(=O)n(CCOC(=S)OSCC(=O)OC(C)(C)C)c(=O)n(CCOC(=S)OSCC(=O)OC(C)(C)C)c1=O. The number of esters is 3. The van der Waals surface area contributed by atoms with Crippen molar-refractivity contribution in [2.45, 2.75) is 98.8 Å². The van der Waals surface area contributed by atoms with E-state index in [-0.39, 0.29) is 72.4 Å². The van der Waals surface area contributed by atoms with Gasteiger partial charge in [-0.15, -0.1) is 0 Å². The molecule has 0 bridgehead atoms. The lowest BCUT2D eigenvalue weighted by Gasteiger charge is -2.19. The van der Waals surface area contributed by atoms with Crippen LogP contribution in [-0.4, -0.2) is 101 Å². The summed E-state index contributed by atoms with van der Waals surface area (Å²) in [6.45, 7) is 13.2. The second-order valence-electron chi connectivity index (χ2n) is 13.4. The normalized spacial score (nSPS) is 11.5. The molecule has 1 heterocycles. The summed E-state index contributed by atoms with van der Waals surface area (Å²) in [7, 11) is 0. The summed E-state index contributed by atoms with van der Waals surface area (Å²) in [6, 6.07) is 0. The van der Waals surface area contributed by atoms with Crippen molar-refractivity contribution in [3.63, 3.8) is 0 Å². The van der Waals surface area contributed by atoms with Crippen molar-refractivity contribution in [2.24, 2.45) is 0 Å². The zero-order chi connectivity index (χ0) is 41.3. The number of aromatic nitrogens is 3. The molecule has 1 aromatic rings. The van der Waals surface area contributed by atoms with E-state index in [1.165, 1.54) is 0 Å². The molecular formula is C30H45N3O15S6. The van der Waals surface area contributed by atoms with E-state index >= 15 is 0 Å². The highest BCUT2D eigenvalue weighted by Gasteiger charge is 2.21. The van der Waals surface area contributed by atoms with E-state index in [4.69, 9.17) is 77.6 Å². The average molecular weight is 880 g/mol. The molecule has 0 aliphatic rings. The van der Waals surface area contributed by atoms with Crippen LogP contribution in [-0.2, 0) is 75.0 Å². The molecule has 0 aliphatic heterocycles. The Balaban J connectivity index is 2.97. The number of hydrogen-bond acceptors (Lipinski definition) is 21. The number of rotatable bonds is 18. The first-order valence-corrected chi connectivity index (χ1v) is 19.8. The highest BCUT2D eigenvalue weighted by atomic mass is 32.2. The maximum atomic E-state index is 13.3. The molecule has 1 rings (SSSR count). The van der Waals surface area contributed by atoms with Gasteiger partial charge in [-0.1, -0.05) is 0 Å². The Morgan fingerprint density at radius 3 is 0.907 bits per heavy atom. The third-order valence-electron chi connectivity index (χ3n) is 5.16. The summed E-state index contributed by atoms with van der Waals surface area (Å²) in [4.78, 5) is 75.6. The minimum Gasteiger partial charge on any atom is -0.459 e. The van der Waals surface area contributed by atoms with E-state index in [2.05, 4.69) is 0 Å². The van der Waals surface area contributed by atoms with Crippen LogP contribution in [0.15, 0.2) is 14.4 Å². The van der Waals surface area contributed by atoms with Gasteiger partial charge in [-0.3, -0.25) is 14.4 Å². The molecule has 0 saturated heterocycles. The summed E-state index contributed by atoms with van der Waals surface area (Å²) in [6.07, 6.45) is 0. The van der Waals surface area contributed by atoms with Crippen LogP contribution in [0.3, 0.4) is 0 Å². The second kappa shape index (κ2) is 23.1. The predicted molar refractivity (Wildman–Crippen MR) is 213 cm³/mol. The van der Waals surface area contributed by atoms with Gasteiger partial charge in [-0.05, 0) is 62.3 Å². The molecule has 0 spiro atoms. The van der Waals surface area contributed by atoms with E-state index in [1.807, 2.05) is 0 Å². The lowest BCUT2D eigenvalue weighted by Crippen LogP contribution is -2.55. The van der Waals surface area contributed by atoms with Crippen LogP contribution in [0.4, 0.5) is 0 Å². The molecule has 54 heavy (non-hydrogen) atoms. The molecule has 0 fully saturated rings. The lowest BCUT2D eigenvalue weighted by molar-refractivity contribution is -0.152. The number of hydrogen-bond donors (Lipinski definition) is 0. The van der Waals surface area contributed by atoms with E-state index in [0.29, 0.717) is 36.1 Å². The molecule has 18 nitrogen and oxygen atoms in total. The van der Waals surface area contributed by atoms with Gasteiger partial charge in [-0.2, -0.15) is 0 Å². The molecule has 0 N–H and O–H groups in total. The first-order valence-electron chi connectivity index (χ1n) is 15.9. The Morgan fingerprint density at radius 1 is 0.481 bits per heavy atom. The highest BCUT2D eigenvalue weighted by molar-refractivity contribution is 7.97. The Morgan fingerprint density at radius 2 is 0.704 bits per heavy atom. The fourth-order valence-electron chi connectivity index (χ4n) is 3.48. The van der Waals surface area contributed by atoms with Crippen molar-refractivity contribution in [3.05, 3.63) is 31.5 Å².